The van der Waals surface area contributed by atoms with Crippen LogP contribution in [0.1, 0.15) is 45.4 Å². The SMILES string of the molecule is CC1CNC(C(=O)N2CCCC2C2CCCC2)CN1. The second-order valence-electron chi connectivity index (χ2n) is 6.56. The van der Waals surface area contributed by atoms with Crippen molar-refractivity contribution in [3.8, 4) is 0 Å². The third-order valence-corrected chi connectivity index (χ3v) is 5.17. The molecule has 4 nitrogen and oxygen atoms in total. The minimum Gasteiger partial charge on any atom is -0.338 e. The van der Waals surface area contributed by atoms with Gasteiger partial charge in [0.25, 0.3) is 0 Å². The van der Waals surface area contributed by atoms with Crippen LogP contribution in [0.2, 0.25) is 0 Å². The number of likely N-dealkylation sites (tertiary alicyclic amines) is 1. The summed E-state index contributed by atoms with van der Waals surface area (Å²) in [5.74, 6) is 1.12. The number of carbonyl (C=O) groups excluding carboxylic acids is 1. The molecule has 0 radical (unpaired) electrons. The number of nitrogens with one attached hydrogen (secondary N) is 2. The van der Waals surface area contributed by atoms with Crippen molar-refractivity contribution in [1.29, 1.82) is 0 Å². The Labute approximate surface area is 116 Å². The van der Waals surface area contributed by atoms with E-state index in [1.165, 1.54) is 38.5 Å². The minimum absolute atomic E-state index is 0.00166. The molecule has 0 aromatic carbocycles. The van der Waals surface area contributed by atoms with Crippen LogP contribution in [-0.2, 0) is 4.79 Å². The van der Waals surface area contributed by atoms with E-state index in [0.717, 1.165) is 25.6 Å². The summed E-state index contributed by atoms with van der Waals surface area (Å²) in [5.41, 5.74) is 0. The fourth-order valence-electron chi connectivity index (χ4n) is 4.06. The summed E-state index contributed by atoms with van der Waals surface area (Å²) in [5, 5.41) is 6.81. The van der Waals surface area contributed by atoms with Crippen molar-refractivity contribution in [3.05, 3.63) is 0 Å². The van der Waals surface area contributed by atoms with Gasteiger partial charge in [0, 0.05) is 31.7 Å². The van der Waals surface area contributed by atoms with Crippen LogP contribution in [0, 0.1) is 5.92 Å². The monoisotopic (exact) mass is 265 g/mol. The summed E-state index contributed by atoms with van der Waals surface area (Å²) in [6.07, 6.45) is 7.83. The number of amides is 1. The lowest BCUT2D eigenvalue weighted by molar-refractivity contribution is -0.135. The van der Waals surface area contributed by atoms with E-state index in [1.54, 1.807) is 0 Å². The first-order valence-electron chi connectivity index (χ1n) is 8.03. The van der Waals surface area contributed by atoms with Crippen LogP contribution in [0.3, 0.4) is 0 Å². The normalized spacial score (nSPS) is 36.9. The van der Waals surface area contributed by atoms with Crippen molar-refractivity contribution in [2.45, 2.75) is 63.6 Å². The van der Waals surface area contributed by atoms with E-state index in [1.807, 2.05) is 0 Å². The van der Waals surface area contributed by atoms with Crippen molar-refractivity contribution in [2.75, 3.05) is 19.6 Å². The van der Waals surface area contributed by atoms with Gasteiger partial charge in [0.1, 0.15) is 0 Å². The molecule has 2 heterocycles. The largest absolute Gasteiger partial charge is 0.338 e. The van der Waals surface area contributed by atoms with Gasteiger partial charge in [-0.3, -0.25) is 4.79 Å². The third kappa shape index (κ3) is 2.79. The molecule has 1 saturated carbocycles. The maximum absolute atomic E-state index is 12.7. The molecule has 4 heteroatoms. The van der Waals surface area contributed by atoms with Gasteiger partial charge in [0.05, 0.1) is 6.04 Å². The minimum atomic E-state index is -0.00166. The Bertz CT molecular complexity index is 319. The number of nitrogens with zero attached hydrogens (tertiary/aromatic N) is 1. The lowest BCUT2D eigenvalue weighted by Gasteiger charge is -2.35. The number of hydrogen-bond donors (Lipinski definition) is 2. The fourth-order valence-corrected chi connectivity index (χ4v) is 4.06. The molecule has 3 fully saturated rings. The van der Waals surface area contributed by atoms with Gasteiger partial charge in [-0.1, -0.05) is 12.8 Å². The molecule has 3 aliphatic rings. The van der Waals surface area contributed by atoms with Gasteiger partial charge in [-0.05, 0) is 38.5 Å². The summed E-state index contributed by atoms with van der Waals surface area (Å²) < 4.78 is 0. The maximum Gasteiger partial charge on any atom is 0.241 e. The van der Waals surface area contributed by atoms with Gasteiger partial charge in [0.15, 0.2) is 0 Å². The second-order valence-corrected chi connectivity index (χ2v) is 6.56. The van der Waals surface area contributed by atoms with Crippen molar-refractivity contribution >= 4 is 5.91 Å². The van der Waals surface area contributed by atoms with E-state index < -0.39 is 0 Å². The molecule has 108 valence electrons. The van der Waals surface area contributed by atoms with Crippen LogP contribution in [0.15, 0.2) is 0 Å². The summed E-state index contributed by atoms with van der Waals surface area (Å²) in [7, 11) is 0. The van der Waals surface area contributed by atoms with Crippen LogP contribution < -0.4 is 10.6 Å². The Morgan fingerprint density at radius 3 is 2.53 bits per heavy atom. The quantitative estimate of drug-likeness (QED) is 0.786. The molecule has 1 aliphatic carbocycles. The zero-order valence-electron chi connectivity index (χ0n) is 12.0. The Hall–Kier alpha value is -0.610. The molecule has 1 amide bonds. The van der Waals surface area contributed by atoms with Crippen LogP contribution in [-0.4, -0.2) is 48.6 Å². The maximum atomic E-state index is 12.7. The van der Waals surface area contributed by atoms with Crippen LogP contribution in [0.25, 0.3) is 0 Å². The zero-order valence-corrected chi connectivity index (χ0v) is 12.0. The molecule has 2 N–H and O–H groups in total. The highest BCUT2D eigenvalue weighted by molar-refractivity contribution is 5.83. The van der Waals surface area contributed by atoms with Gasteiger partial charge in [-0.15, -0.1) is 0 Å². The van der Waals surface area contributed by atoms with Crippen molar-refractivity contribution in [3.63, 3.8) is 0 Å². The number of rotatable bonds is 2. The summed E-state index contributed by atoms with van der Waals surface area (Å²) in [6.45, 7) is 4.82. The lowest BCUT2D eigenvalue weighted by atomic mass is 9.95. The Morgan fingerprint density at radius 1 is 1.05 bits per heavy atom. The van der Waals surface area contributed by atoms with E-state index in [9.17, 15) is 4.79 Å². The average molecular weight is 265 g/mol. The molecule has 0 spiro atoms. The van der Waals surface area contributed by atoms with Gasteiger partial charge < -0.3 is 15.5 Å². The van der Waals surface area contributed by atoms with E-state index >= 15 is 0 Å². The van der Waals surface area contributed by atoms with Crippen LogP contribution >= 0.6 is 0 Å². The predicted molar refractivity (Wildman–Crippen MR) is 75.9 cm³/mol. The fraction of sp³-hybridized carbons (Fsp3) is 0.933. The Morgan fingerprint density at radius 2 is 1.84 bits per heavy atom. The van der Waals surface area contributed by atoms with E-state index in [-0.39, 0.29) is 6.04 Å². The molecule has 3 atom stereocenters. The molecule has 19 heavy (non-hydrogen) atoms. The second kappa shape index (κ2) is 5.80. The standard InChI is InChI=1S/C15H27N3O/c1-11-9-17-13(10-16-11)15(19)18-8-4-7-14(18)12-5-2-3-6-12/h11-14,16-17H,2-10H2,1H3. The molecule has 3 unspecified atom stereocenters. The molecule has 0 aromatic rings. The first-order valence-corrected chi connectivity index (χ1v) is 8.03. The first-order chi connectivity index (χ1) is 9.25. The summed E-state index contributed by atoms with van der Waals surface area (Å²) >= 11 is 0. The highest BCUT2D eigenvalue weighted by Gasteiger charge is 2.38. The number of carbonyl (C=O) groups is 1. The Kier molecular flexibility index (Phi) is 4.08. The predicted octanol–water partition coefficient (Wildman–Crippen LogP) is 1.12. The van der Waals surface area contributed by atoms with Gasteiger partial charge in [-0.25, -0.2) is 0 Å². The van der Waals surface area contributed by atoms with Gasteiger partial charge in [-0.2, -0.15) is 0 Å². The van der Waals surface area contributed by atoms with Crippen LogP contribution in [0.4, 0.5) is 0 Å². The zero-order chi connectivity index (χ0) is 13.2. The molecule has 0 bridgehead atoms. The third-order valence-electron chi connectivity index (χ3n) is 5.17. The van der Waals surface area contributed by atoms with Gasteiger partial charge in [0.2, 0.25) is 5.91 Å². The van der Waals surface area contributed by atoms with Gasteiger partial charge >= 0.3 is 0 Å². The topological polar surface area (TPSA) is 44.4 Å². The highest BCUT2D eigenvalue weighted by atomic mass is 16.2. The van der Waals surface area contributed by atoms with Crippen molar-refractivity contribution in [1.82, 2.24) is 15.5 Å². The summed E-state index contributed by atoms with van der Waals surface area (Å²) in [6, 6.07) is 1.02. The summed E-state index contributed by atoms with van der Waals surface area (Å²) in [4.78, 5) is 14.9. The van der Waals surface area contributed by atoms with E-state index in [0.29, 0.717) is 18.0 Å². The Balaban J connectivity index is 1.61. The van der Waals surface area contributed by atoms with E-state index in [4.69, 9.17) is 0 Å². The molecule has 2 saturated heterocycles. The first kappa shape index (κ1) is 13.4. The van der Waals surface area contributed by atoms with Crippen molar-refractivity contribution < 1.29 is 4.79 Å². The van der Waals surface area contributed by atoms with E-state index in [2.05, 4.69) is 22.5 Å². The molecular weight excluding hydrogens is 238 g/mol. The lowest BCUT2D eigenvalue weighted by Crippen LogP contribution is -2.60. The molecular formula is C15H27N3O. The average Bonchev–Trinajstić information content (AvgIpc) is 3.09. The molecule has 3 rings (SSSR count). The number of hydrogen-bond acceptors (Lipinski definition) is 3. The molecule has 0 aromatic heterocycles. The smallest absolute Gasteiger partial charge is 0.241 e. The van der Waals surface area contributed by atoms with Crippen LogP contribution in [0.5, 0.6) is 0 Å². The molecule has 2 aliphatic heterocycles. The number of piperazine rings is 1. The van der Waals surface area contributed by atoms with Crippen molar-refractivity contribution in [2.24, 2.45) is 5.92 Å². The highest BCUT2D eigenvalue weighted by Crippen LogP contribution is 2.35.